The van der Waals surface area contributed by atoms with Crippen molar-refractivity contribution in [2.45, 2.75) is 33.6 Å². The molecule has 0 unspecified atom stereocenters. The van der Waals surface area contributed by atoms with Crippen molar-refractivity contribution in [3.63, 3.8) is 0 Å². The summed E-state index contributed by atoms with van der Waals surface area (Å²) in [6.45, 7) is 7.44. The molecule has 0 spiro atoms. The zero-order chi connectivity index (χ0) is 14.8. The molecule has 0 rings (SSSR count). The van der Waals surface area contributed by atoms with Crippen molar-refractivity contribution in [2.75, 3.05) is 26.2 Å². The first-order valence-electron chi connectivity index (χ1n) is 6.54. The average molecular weight is 269 g/mol. The van der Waals surface area contributed by atoms with Gasteiger partial charge in [0.1, 0.15) is 0 Å². The summed E-state index contributed by atoms with van der Waals surface area (Å²) in [5, 5.41) is 17.3. The standard InChI is InChI=1S/C13H23N3O3/c1-4-15(9-6-12(17)18)13(19)16(8-5-7-14)10-11(2)3/h11H,4-6,8-10H2,1-3H3,(H,17,18). The fraction of sp³-hybridized carbons (Fsp3) is 0.769. The zero-order valence-electron chi connectivity index (χ0n) is 11.9. The minimum atomic E-state index is -0.918. The summed E-state index contributed by atoms with van der Waals surface area (Å²) in [5.41, 5.74) is 0. The number of urea groups is 1. The van der Waals surface area contributed by atoms with Gasteiger partial charge in [0, 0.05) is 26.2 Å². The van der Waals surface area contributed by atoms with E-state index in [1.807, 2.05) is 26.8 Å². The lowest BCUT2D eigenvalue weighted by Gasteiger charge is -2.30. The van der Waals surface area contributed by atoms with Gasteiger partial charge in [0.2, 0.25) is 0 Å². The Morgan fingerprint density at radius 2 is 1.89 bits per heavy atom. The third kappa shape index (κ3) is 7.29. The van der Waals surface area contributed by atoms with E-state index in [4.69, 9.17) is 10.4 Å². The smallest absolute Gasteiger partial charge is 0.320 e. The molecule has 6 heteroatoms. The van der Waals surface area contributed by atoms with Crippen LogP contribution in [0.3, 0.4) is 0 Å². The van der Waals surface area contributed by atoms with Crippen molar-refractivity contribution in [1.82, 2.24) is 9.80 Å². The number of carbonyl (C=O) groups excluding carboxylic acids is 1. The van der Waals surface area contributed by atoms with Gasteiger partial charge in [-0.3, -0.25) is 4.79 Å². The van der Waals surface area contributed by atoms with Gasteiger partial charge < -0.3 is 14.9 Å². The number of rotatable bonds is 8. The Morgan fingerprint density at radius 3 is 2.32 bits per heavy atom. The first-order valence-corrected chi connectivity index (χ1v) is 6.54. The summed E-state index contributed by atoms with van der Waals surface area (Å²) in [4.78, 5) is 26.0. The fourth-order valence-electron chi connectivity index (χ4n) is 1.71. The molecule has 0 saturated carbocycles. The molecular formula is C13H23N3O3. The quantitative estimate of drug-likeness (QED) is 0.727. The van der Waals surface area contributed by atoms with Crippen LogP contribution in [0.4, 0.5) is 4.79 Å². The number of amides is 2. The van der Waals surface area contributed by atoms with Crippen molar-refractivity contribution >= 4 is 12.0 Å². The predicted octanol–water partition coefficient (Wildman–Crippen LogP) is 1.77. The molecule has 108 valence electrons. The Morgan fingerprint density at radius 1 is 1.26 bits per heavy atom. The molecule has 0 aromatic heterocycles. The molecule has 0 heterocycles. The fourth-order valence-corrected chi connectivity index (χ4v) is 1.71. The molecule has 0 bridgehead atoms. The Bertz CT molecular complexity index is 337. The van der Waals surface area contributed by atoms with Gasteiger partial charge in [0.25, 0.3) is 0 Å². The van der Waals surface area contributed by atoms with Crippen LogP contribution < -0.4 is 0 Å². The molecule has 0 aromatic rings. The van der Waals surface area contributed by atoms with Gasteiger partial charge >= 0.3 is 12.0 Å². The molecule has 0 aliphatic carbocycles. The van der Waals surface area contributed by atoms with Crippen molar-refractivity contribution in [2.24, 2.45) is 5.92 Å². The summed E-state index contributed by atoms with van der Waals surface area (Å²) >= 11 is 0. The highest BCUT2D eigenvalue weighted by Crippen LogP contribution is 2.06. The molecule has 0 aromatic carbocycles. The highest BCUT2D eigenvalue weighted by Gasteiger charge is 2.20. The minimum Gasteiger partial charge on any atom is -0.481 e. The van der Waals surface area contributed by atoms with Crippen LogP contribution in [0.2, 0.25) is 0 Å². The van der Waals surface area contributed by atoms with E-state index in [0.29, 0.717) is 25.6 Å². The molecule has 0 atom stereocenters. The molecule has 19 heavy (non-hydrogen) atoms. The van der Waals surface area contributed by atoms with E-state index in [1.165, 1.54) is 4.90 Å². The number of aliphatic carboxylic acids is 1. The van der Waals surface area contributed by atoms with Gasteiger partial charge in [-0.1, -0.05) is 13.8 Å². The number of nitriles is 1. The number of carboxylic acid groups (broad SMARTS) is 1. The van der Waals surface area contributed by atoms with Gasteiger partial charge in [-0.2, -0.15) is 5.26 Å². The van der Waals surface area contributed by atoms with E-state index in [0.717, 1.165) is 0 Å². The number of hydrogen-bond donors (Lipinski definition) is 1. The first kappa shape index (κ1) is 17.2. The molecule has 0 saturated heterocycles. The van der Waals surface area contributed by atoms with Crippen LogP contribution in [0.5, 0.6) is 0 Å². The van der Waals surface area contributed by atoms with Crippen LogP contribution in [0.15, 0.2) is 0 Å². The van der Waals surface area contributed by atoms with Crippen molar-refractivity contribution < 1.29 is 14.7 Å². The summed E-state index contributed by atoms with van der Waals surface area (Å²) in [6, 6.07) is 1.84. The lowest BCUT2D eigenvalue weighted by Crippen LogP contribution is -2.45. The first-order chi connectivity index (χ1) is 8.92. The maximum Gasteiger partial charge on any atom is 0.320 e. The monoisotopic (exact) mass is 269 g/mol. The number of hydrogen-bond acceptors (Lipinski definition) is 3. The second-order valence-electron chi connectivity index (χ2n) is 4.75. The minimum absolute atomic E-state index is 0.0622. The number of carbonyl (C=O) groups is 2. The largest absolute Gasteiger partial charge is 0.481 e. The van der Waals surface area contributed by atoms with E-state index in [-0.39, 0.29) is 25.4 Å². The van der Waals surface area contributed by atoms with Crippen molar-refractivity contribution in [1.29, 1.82) is 5.26 Å². The Labute approximate surface area is 114 Å². The highest BCUT2D eigenvalue weighted by molar-refractivity contribution is 5.75. The van der Waals surface area contributed by atoms with Crippen LogP contribution >= 0.6 is 0 Å². The number of carboxylic acids is 1. The average Bonchev–Trinajstić information content (AvgIpc) is 2.34. The van der Waals surface area contributed by atoms with E-state index >= 15 is 0 Å². The Balaban J connectivity index is 4.62. The molecular weight excluding hydrogens is 246 g/mol. The van der Waals surface area contributed by atoms with Crippen molar-refractivity contribution in [3.8, 4) is 6.07 Å². The van der Waals surface area contributed by atoms with Crippen LogP contribution in [-0.4, -0.2) is 53.1 Å². The van der Waals surface area contributed by atoms with Crippen LogP contribution in [0, 0.1) is 17.2 Å². The van der Waals surface area contributed by atoms with Crippen LogP contribution in [0.1, 0.15) is 33.6 Å². The summed E-state index contributed by atoms with van der Waals surface area (Å²) < 4.78 is 0. The summed E-state index contributed by atoms with van der Waals surface area (Å²) in [5.74, 6) is -0.612. The summed E-state index contributed by atoms with van der Waals surface area (Å²) in [6.07, 6.45) is 0.224. The second-order valence-corrected chi connectivity index (χ2v) is 4.75. The molecule has 0 aliphatic rings. The Hall–Kier alpha value is -1.77. The molecule has 0 fully saturated rings. The van der Waals surface area contributed by atoms with Gasteiger partial charge in [-0.15, -0.1) is 0 Å². The van der Waals surface area contributed by atoms with Crippen LogP contribution in [0.25, 0.3) is 0 Å². The maximum absolute atomic E-state index is 12.3. The van der Waals surface area contributed by atoms with Crippen LogP contribution in [-0.2, 0) is 4.79 Å². The Kier molecular flexibility index (Phi) is 8.34. The van der Waals surface area contributed by atoms with E-state index in [2.05, 4.69) is 0 Å². The zero-order valence-corrected chi connectivity index (χ0v) is 11.9. The number of nitrogens with zero attached hydrogens (tertiary/aromatic N) is 3. The molecule has 1 N–H and O–H groups in total. The van der Waals surface area contributed by atoms with Gasteiger partial charge in [-0.25, -0.2) is 4.79 Å². The lowest BCUT2D eigenvalue weighted by molar-refractivity contribution is -0.137. The van der Waals surface area contributed by atoms with E-state index < -0.39 is 5.97 Å². The van der Waals surface area contributed by atoms with Crippen molar-refractivity contribution in [3.05, 3.63) is 0 Å². The topological polar surface area (TPSA) is 84.6 Å². The SMILES string of the molecule is CCN(CCC(=O)O)C(=O)N(CCC#N)CC(C)C. The molecule has 6 nitrogen and oxygen atoms in total. The van der Waals surface area contributed by atoms with E-state index in [9.17, 15) is 9.59 Å². The van der Waals surface area contributed by atoms with Gasteiger partial charge in [0.05, 0.1) is 18.9 Å². The third-order valence-corrected chi connectivity index (χ3v) is 2.60. The highest BCUT2D eigenvalue weighted by atomic mass is 16.4. The van der Waals surface area contributed by atoms with E-state index in [1.54, 1.807) is 4.90 Å². The summed E-state index contributed by atoms with van der Waals surface area (Å²) in [7, 11) is 0. The molecule has 0 radical (unpaired) electrons. The second kappa shape index (κ2) is 9.20. The molecule has 0 aliphatic heterocycles. The normalized spacial score (nSPS) is 10.1. The molecule has 2 amide bonds. The van der Waals surface area contributed by atoms with Gasteiger partial charge in [0.15, 0.2) is 0 Å². The lowest BCUT2D eigenvalue weighted by atomic mass is 10.2. The predicted molar refractivity (Wildman–Crippen MR) is 71.5 cm³/mol. The van der Waals surface area contributed by atoms with Gasteiger partial charge in [-0.05, 0) is 12.8 Å². The maximum atomic E-state index is 12.3. The third-order valence-electron chi connectivity index (χ3n) is 2.60.